The first-order valence-electron chi connectivity index (χ1n) is 8.16. The maximum atomic E-state index is 12.5. The summed E-state index contributed by atoms with van der Waals surface area (Å²) in [4.78, 5) is 0. The van der Waals surface area contributed by atoms with Crippen molar-refractivity contribution in [1.82, 2.24) is 0 Å². The molecule has 0 aliphatic heterocycles. The minimum Gasteiger partial charge on any atom is -0.377 e. The van der Waals surface area contributed by atoms with E-state index in [9.17, 15) is 13.2 Å². The van der Waals surface area contributed by atoms with E-state index in [-0.39, 0.29) is 6.10 Å². The fraction of sp³-hybridized carbons (Fsp3) is 0.647. The van der Waals surface area contributed by atoms with Gasteiger partial charge < -0.3 is 13.3 Å². The molecule has 24 heavy (non-hydrogen) atoms. The molecule has 0 amide bonds. The van der Waals surface area contributed by atoms with Gasteiger partial charge in [-0.05, 0) is 50.8 Å². The van der Waals surface area contributed by atoms with Crippen molar-refractivity contribution in [3.8, 4) is 0 Å². The second-order valence-electron chi connectivity index (χ2n) is 6.01. The molecule has 1 rings (SSSR count). The standard InChI is InChI=1S/C17H27F3O3Si/c1-14(2)23-24(21-3,22-4)13-7-5-6-8-15-9-11-16(12-10-15)17(18,19)20/h9-12,14H,5-8,13H2,1-4H3. The molecule has 0 N–H and O–H groups in total. The quantitative estimate of drug-likeness (QED) is 0.428. The lowest BCUT2D eigenvalue weighted by Gasteiger charge is -2.28. The third-order valence-corrected chi connectivity index (χ3v) is 6.81. The Bertz CT molecular complexity index is 471. The minimum absolute atomic E-state index is 0.0451. The van der Waals surface area contributed by atoms with E-state index in [1.165, 1.54) is 0 Å². The average Bonchev–Trinajstić information content (AvgIpc) is 2.52. The molecule has 0 unspecified atom stereocenters. The van der Waals surface area contributed by atoms with E-state index in [1.54, 1.807) is 26.4 Å². The molecule has 1 aromatic carbocycles. The van der Waals surface area contributed by atoms with Crippen LogP contribution in [-0.2, 0) is 25.9 Å². The molecular formula is C17H27F3O3Si. The molecule has 0 bridgehead atoms. The predicted octanol–water partition coefficient (Wildman–Crippen LogP) is 5.07. The van der Waals surface area contributed by atoms with Crippen molar-refractivity contribution in [2.75, 3.05) is 14.2 Å². The van der Waals surface area contributed by atoms with E-state index in [4.69, 9.17) is 13.3 Å². The molecule has 0 saturated heterocycles. The first-order chi connectivity index (χ1) is 11.2. The molecule has 3 nitrogen and oxygen atoms in total. The largest absolute Gasteiger partial charge is 0.500 e. The van der Waals surface area contributed by atoms with Crippen LogP contribution in [0.5, 0.6) is 0 Å². The van der Waals surface area contributed by atoms with E-state index in [0.29, 0.717) is 0 Å². The van der Waals surface area contributed by atoms with Crippen molar-refractivity contribution in [1.29, 1.82) is 0 Å². The lowest BCUT2D eigenvalue weighted by molar-refractivity contribution is -0.137. The highest BCUT2D eigenvalue weighted by molar-refractivity contribution is 6.60. The van der Waals surface area contributed by atoms with Crippen molar-refractivity contribution in [2.45, 2.75) is 57.9 Å². The highest BCUT2D eigenvalue weighted by Crippen LogP contribution is 2.29. The summed E-state index contributed by atoms with van der Waals surface area (Å²) < 4.78 is 54.4. The monoisotopic (exact) mass is 364 g/mol. The minimum atomic E-state index is -4.27. The zero-order chi connectivity index (χ0) is 18.2. The van der Waals surface area contributed by atoms with Crippen LogP contribution in [0.25, 0.3) is 0 Å². The molecule has 0 fully saturated rings. The van der Waals surface area contributed by atoms with Gasteiger partial charge in [-0.1, -0.05) is 18.6 Å². The van der Waals surface area contributed by atoms with Crippen LogP contribution >= 0.6 is 0 Å². The summed E-state index contributed by atoms with van der Waals surface area (Å²) in [6, 6.07) is 6.12. The molecule has 0 saturated carbocycles. The Balaban J connectivity index is 2.37. The fourth-order valence-corrected chi connectivity index (χ4v) is 4.80. The van der Waals surface area contributed by atoms with Crippen LogP contribution in [0.15, 0.2) is 24.3 Å². The summed E-state index contributed by atoms with van der Waals surface area (Å²) in [6.45, 7) is 3.90. The topological polar surface area (TPSA) is 27.7 Å². The Morgan fingerprint density at radius 1 is 0.958 bits per heavy atom. The van der Waals surface area contributed by atoms with Gasteiger partial charge in [0.15, 0.2) is 0 Å². The summed E-state index contributed by atoms with van der Waals surface area (Å²) in [5.74, 6) is 0. The van der Waals surface area contributed by atoms with Gasteiger partial charge in [0.25, 0.3) is 0 Å². The second kappa shape index (κ2) is 9.55. The third kappa shape index (κ3) is 6.92. The number of alkyl halides is 3. The molecule has 0 aromatic heterocycles. The highest BCUT2D eigenvalue weighted by atomic mass is 28.4. The molecule has 0 aliphatic carbocycles. The molecule has 0 radical (unpaired) electrons. The van der Waals surface area contributed by atoms with Crippen LogP contribution in [0.4, 0.5) is 13.2 Å². The van der Waals surface area contributed by atoms with Gasteiger partial charge in [0.2, 0.25) is 0 Å². The van der Waals surface area contributed by atoms with Gasteiger partial charge in [-0.15, -0.1) is 0 Å². The lowest BCUT2D eigenvalue weighted by Crippen LogP contribution is -2.45. The van der Waals surface area contributed by atoms with E-state index in [2.05, 4.69) is 0 Å². The van der Waals surface area contributed by atoms with Crippen LogP contribution < -0.4 is 0 Å². The molecule has 7 heteroatoms. The van der Waals surface area contributed by atoms with Crippen LogP contribution in [-0.4, -0.2) is 29.1 Å². The van der Waals surface area contributed by atoms with Crippen LogP contribution in [0.1, 0.15) is 44.2 Å². The summed E-state index contributed by atoms with van der Waals surface area (Å²) in [5.41, 5.74) is 0.316. The maximum Gasteiger partial charge on any atom is 0.500 e. The van der Waals surface area contributed by atoms with Crippen LogP contribution in [0.3, 0.4) is 0 Å². The number of unbranched alkanes of at least 4 members (excludes halogenated alkanes) is 2. The molecule has 0 spiro atoms. The van der Waals surface area contributed by atoms with Crippen molar-refractivity contribution in [3.05, 3.63) is 35.4 Å². The van der Waals surface area contributed by atoms with Crippen LogP contribution in [0, 0.1) is 0 Å². The van der Waals surface area contributed by atoms with E-state index in [1.807, 2.05) is 13.8 Å². The normalized spacial score (nSPS) is 12.8. The van der Waals surface area contributed by atoms with Crippen molar-refractivity contribution >= 4 is 8.80 Å². The summed E-state index contributed by atoms with van der Waals surface area (Å²) in [7, 11) is 0.634. The third-order valence-electron chi connectivity index (χ3n) is 3.77. The smallest absolute Gasteiger partial charge is 0.377 e. The number of halogens is 3. The number of aryl methyl sites for hydroxylation is 1. The predicted molar refractivity (Wildman–Crippen MR) is 89.8 cm³/mol. The second-order valence-corrected chi connectivity index (χ2v) is 8.93. The molecule has 0 heterocycles. The van der Waals surface area contributed by atoms with Gasteiger partial charge in [0, 0.05) is 26.4 Å². The summed E-state index contributed by atoms with van der Waals surface area (Å²) in [5, 5.41) is 0. The Kier molecular flexibility index (Phi) is 8.42. The first kappa shape index (κ1) is 21.2. The molecule has 1 aromatic rings. The zero-order valence-electron chi connectivity index (χ0n) is 14.8. The molecule has 0 atom stereocenters. The fourth-order valence-electron chi connectivity index (χ4n) is 2.51. The maximum absolute atomic E-state index is 12.5. The summed E-state index contributed by atoms with van der Waals surface area (Å²) >= 11 is 0. The number of hydrogen-bond donors (Lipinski definition) is 0. The van der Waals surface area contributed by atoms with Gasteiger partial charge in [-0.3, -0.25) is 0 Å². The molecule has 0 aliphatic rings. The van der Waals surface area contributed by atoms with E-state index in [0.717, 1.165) is 49.4 Å². The Labute approximate surface area is 143 Å². The van der Waals surface area contributed by atoms with E-state index >= 15 is 0 Å². The SMILES string of the molecule is CO[Si](CCCCCc1ccc(C(F)(F)F)cc1)(OC)OC(C)C. The van der Waals surface area contributed by atoms with Gasteiger partial charge >= 0.3 is 15.0 Å². The Morgan fingerprint density at radius 3 is 2.00 bits per heavy atom. The summed E-state index contributed by atoms with van der Waals surface area (Å²) in [6.07, 6.45) is -0.708. The van der Waals surface area contributed by atoms with E-state index < -0.39 is 20.5 Å². The highest BCUT2D eigenvalue weighted by Gasteiger charge is 2.39. The average molecular weight is 364 g/mol. The van der Waals surface area contributed by atoms with Gasteiger partial charge in [0.05, 0.1) is 5.56 Å². The van der Waals surface area contributed by atoms with Crippen molar-refractivity contribution < 1.29 is 26.4 Å². The molecule has 138 valence electrons. The number of benzene rings is 1. The van der Waals surface area contributed by atoms with Crippen molar-refractivity contribution in [3.63, 3.8) is 0 Å². The van der Waals surface area contributed by atoms with Crippen LogP contribution in [0.2, 0.25) is 6.04 Å². The number of rotatable bonds is 10. The molecular weight excluding hydrogens is 337 g/mol. The zero-order valence-corrected chi connectivity index (χ0v) is 15.8. The van der Waals surface area contributed by atoms with Gasteiger partial charge in [-0.25, -0.2) is 0 Å². The van der Waals surface area contributed by atoms with Gasteiger partial charge in [-0.2, -0.15) is 13.2 Å². The number of hydrogen-bond acceptors (Lipinski definition) is 3. The Hall–Kier alpha value is -0.893. The lowest BCUT2D eigenvalue weighted by atomic mass is 10.1. The Morgan fingerprint density at radius 2 is 1.54 bits per heavy atom. The first-order valence-corrected chi connectivity index (χ1v) is 10.1. The van der Waals surface area contributed by atoms with Gasteiger partial charge in [0.1, 0.15) is 0 Å². The van der Waals surface area contributed by atoms with Crippen molar-refractivity contribution in [2.24, 2.45) is 0 Å².